The fourth-order valence-electron chi connectivity index (χ4n) is 4.37. The molecule has 0 unspecified atom stereocenters. The van der Waals surface area contributed by atoms with Crippen molar-refractivity contribution in [3.8, 4) is 0 Å². The molecular formula is C21H22FN3O2. The van der Waals surface area contributed by atoms with Gasteiger partial charge in [0.25, 0.3) is 5.91 Å². The van der Waals surface area contributed by atoms with Gasteiger partial charge < -0.3 is 10.2 Å². The van der Waals surface area contributed by atoms with E-state index in [1.807, 2.05) is 0 Å². The second-order valence-corrected chi connectivity index (χ2v) is 7.45. The summed E-state index contributed by atoms with van der Waals surface area (Å²) in [6.45, 7) is 0.587. The van der Waals surface area contributed by atoms with Gasteiger partial charge in [0.1, 0.15) is 11.5 Å². The number of carbonyl (C=O) groups is 2. The molecule has 0 radical (unpaired) electrons. The molecule has 1 aromatic heterocycles. The highest BCUT2D eigenvalue weighted by atomic mass is 19.1. The van der Waals surface area contributed by atoms with Crippen LogP contribution >= 0.6 is 0 Å². The van der Waals surface area contributed by atoms with Crippen LogP contribution in [0.4, 0.5) is 10.1 Å². The summed E-state index contributed by atoms with van der Waals surface area (Å²) in [5, 5.41) is 3.04. The standard InChI is InChI=1S/C21H22FN3O2/c22-15-5-3-7-17(13-15)25-12-10-21(20(25)27)9-4-6-16(14-21)24-19(26)18-8-1-2-11-23-18/h1-3,5,7-8,11,13,16H,4,6,9-10,12,14H2,(H,24,26)/t16-,21+/m0/s1. The molecule has 1 N–H and O–H groups in total. The topological polar surface area (TPSA) is 62.3 Å². The molecule has 2 aromatic rings. The van der Waals surface area contributed by atoms with Crippen molar-refractivity contribution in [1.29, 1.82) is 0 Å². The first-order chi connectivity index (χ1) is 13.1. The van der Waals surface area contributed by atoms with E-state index in [2.05, 4.69) is 10.3 Å². The minimum absolute atomic E-state index is 0.0462. The van der Waals surface area contributed by atoms with Gasteiger partial charge >= 0.3 is 0 Å². The van der Waals surface area contributed by atoms with E-state index in [1.165, 1.54) is 12.1 Å². The second kappa shape index (κ2) is 7.10. The number of aromatic nitrogens is 1. The number of carbonyl (C=O) groups excluding carboxylic acids is 2. The maximum absolute atomic E-state index is 13.6. The van der Waals surface area contributed by atoms with Gasteiger partial charge in [-0.05, 0) is 56.0 Å². The Morgan fingerprint density at radius 2 is 2.11 bits per heavy atom. The molecule has 1 aliphatic carbocycles. The normalized spacial score (nSPS) is 25.0. The van der Waals surface area contributed by atoms with Crippen LogP contribution in [0.3, 0.4) is 0 Å². The summed E-state index contributed by atoms with van der Waals surface area (Å²) in [5.74, 6) is -0.500. The molecule has 2 atom stereocenters. The number of hydrogen-bond acceptors (Lipinski definition) is 3. The van der Waals surface area contributed by atoms with Crippen LogP contribution in [0.1, 0.15) is 42.6 Å². The lowest BCUT2D eigenvalue weighted by atomic mass is 9.71. The minimum Gasteiger partial charge on any atom is -0.348 e. The van der Waals surface area contributed by atoms with Crippen molar-refractivity contribution in [2.75, 3.05) is 11.4 Å². The number of pyridine rings is 1. The van der Waals surface area contributed by atoms with Gasteiger partial charge in [-0.1, -0.05) is 18.6 Å². The van der Waals surface area contributed by atoms with Crippen molar-refractivity contribution in [1.82, 2.24) is 10.3 Å². The van der Waals surface area contributed by atoms with Gasteiger partial charge in [0.2, 0.25) is 5.91 Å². The zero-order chi connectivity index (χ0) is 18.9. The summed E-state index contributed by atoms with van der Waals surface area (Å²) < 4.78 is 13.6. The fraction of sp³-hybridized carbons (Fsp3) is 0.381. The van der Waals surface area contributed by atoms with E-state index in [0.29, 0.717) is 24.3 Å². The molecule has 1 aliphatic heterocycles. The van der Waals surface area contributed by atoms with Crippen molar-refractivity contribution >= 4 is 17.5 Å². The van der Waals surface area contributed by atoms with Gasteiger partial charge in [0.05, 0.1) is 5.41 Å². The van der Waals surface area contributed by atoms with E-state index in [-0.39, 0.29) is 23.7 Å². The van der Waals surface area contributed by atoms with Crippen molar-refractivity contribution in [3.63, 3.8) is 0 Å². The third-order valence-electron chi connectivity index (χ3n) is 5.71. The Morgan fingerprint density at radius 1 is 1.22 bits per heavy atom. The Balaban J connectivity index is 1.47. The van der Waals surface area contributed by atoms with Gasteiger partial charge in [-0.15, -0.1) is 0 Å². The molecule has 1 saturated heterocycles. The van der Waals surface area contributed by atoms with E-state index in [4.69, 9.17) is 0 Å². The Labute approximate surface area is 157 Å². The average molecular weight is 367 g/mol. The molecule has 27 heavy (non-hydrogen) atoms. The Morgan fingerprint density at radius 3 is 2.89 bits per heavy atom. The summed E-state index contributed by atoms with van der Waals surface area (Å²) >= 11 is 0. The molecule has 2 heterocycles. The van der Waals surface area contributed by atoms with Gasteiger partial charge in [-0.3, -0.25) is 14.6 Å². The zero-order valence-corrected chi connectivity index (χ0v) is 15.0. The lowest BCUT2D eigenvalue weighted by Gasteiger charge is -2.36. The van der Waals surface area contributed by atoms with E-state index < -0.39 is 5.41 Å². The molecule has 2 amide bonds. The average Bonchev–Trinajstić information content (AvgIpc) is 2.98. The van der Waals surface area contributed by atoms with Crippen LogP contribution < -0.4 is 10.2 Å². The number of benzene rings is 1. The lowest BCUT2D eigenvalue weighted by molar-refractivity contribution is -0.127. The Bertz CT molecular complexity index is 858. The molecule has 1 spiro atoms. The zero-order valence-electron chi connectivity index (χ0n) is 15.0. The molecular weight excluding hydrogens is 345 g/mol. The number of hydrogen-bond donors (Lipinski definition) is 1. The highest BCUT2D eigenvalue weighted by molar-refractivity contribution is 6.00. The van der Waals surface area contributed by atoms with E-state index >= 15 is 0 Å². The highest BCUT2D eigenvalue weighted by Crippen LogP contribution is 2.46. The van der Waals surface area contributed by atoms with E-state index in [0.717, 1.165) is 25.7 Å². The molecule has 2 aliphatic rings. The summed E-state index contributed by atoms with van der Waals surface area (Å²) in [6, 6.07) is 11.4. The van der Waals surface area contributed by atoms with Crippen LogP contribution in [-0.2, 0) is 4.79 Å². The van der Waals surface area contributed by atoms with Crippen LogP contribution in [0.2, 0.25) is 0 Å². The maximum Gasteiger partial charge on any atom is 0.270 e. The quantitative estimate of drug-likeness (QED) is 0.905. The predicted octanol–water partition coefficient (Wildman–Crippen LogP) is 3.32. The van der Waals surface area contributed by atoms with Gasteiger partial charge in [0.15, 0.2) is 0 Å². The van der Waals surface area contributed by atoms with E-state index in [9.17, 15) is 14.0 Å². The maximum atomic E-state index is 13.6. The monoisotopic (exact) mass is 367 g/mol. The Kier molecular flexibility index (Phi) is 4.64. The fourth-order valence-corrected chi connectivity index (χ4v) is 4.37. The minimum atomic E-state index is -0.466. The smallest absolute Gasteiger partial charge is 0.270 e. The SMILES string of the molecule is O=C(N[C@H]1CCC[C@@]2(CCN(c3cccc(F)c3)C2=O)C1)c1ccccn1. The third kappa shape index (κ3) is 3.44. The van der Waals surface area contributed by atoms with Gasteiger partial charge in [0, 0.05) is 24.5 Å². The number of halogens is 1. The first kappa shape index (κ1) is 17.6. The van der Waals surface area contributed by atoms with Crippen molar-refractivity contribution < 1.29 is 14.0 Å². The number of rotatable bonds is 3. The van der Waals surface area contributed by atoms with Crippen LogP contribution in [-0.4, -0.2) is 29.4 Å². The van der Waals surface area contributed by atoms with Crippen LogP contribution in [0.25, 0.3) is 0 Å². The molecule has 4 rings (SSSR count). The number of nitrogens with zero attached hydrogens (tertiary/aromatic N) is 2. The van der Waals surface area contributed by atoms with Crippen molar-refractivity contribution in [3.05, 3.63) is 60.2 Å². The Hall–Kier alpha value is -2.76. The third-order valence-corrected chi connectivity index (χ3v) is 5.71. The lowest BCUT2D eigenvalue weighted by Crippen LogP contribution is -2.46. The largest absolute Gasteiger partial charge is 0.348 e. The predicted molar refractivity (Wildman–Crippen MR) is 99.8 cm³/mol. The summed E-state index contributed by atoms with van der Waals surface area (Å²) in [6.07, 6.45) is 5.50. The highest BCUT2D eigenvalue weighted by Gasteiger charge is 2.49. The summed E-state index contributed by atoms with van der Waals surface area (Å²) in [7, 11) is 0. The molecule has 140 valence electrons. The molecule has 2 fully saturated rings. The first-order valence-electron chi connectivity index (χ1n) is 9.37. The molecule has 5 nitrogen and oxygen atoms in total. The summed E-state index contributed by atoms with van der Waals surface area (Å²) in [4.78, 5) is 31.4. The van der Waals surface area contributed by atoms with Crippen molar-refractivity contribution in [2.24, 2.45) is 5.41 Å². The number of anilines is 1. The summed E-state index contributed by atoms with van der Waals surface area (Å²) in [5.41, 5.74) is 0.528. The van der Waals surface area contributed by atoms with Crippen LogP contribution in [0, 0.1) is 11.2 Å². The molecule has 6 heteroatoms. The molecule has 0 bridgehead atoms. The first-order valence-corrected chi connectivity index (χ1v) is 9.37. The van der Waals surface area contributed by atoms with Crippen LogP contribution in [0.5, 0.6) is 0 Å². The van der Waals surface area contributed by atoms with Gasteiger partial charge in [-0.25, -0.2) is 4.39 Å². The van der Waals surface area contributed by atoms with E-state index in [1.54, 1.807) is 41.4 Å². The molecule has 1 saturated carbocycles. The van der Waals surface area contributed by atoms with Crippen LogP contribution in [0.15, 0.2) is 48.7 Å². The molecule has 1 aromatic carbocycles. The second-order valence-electron chi connectivity index (χ2n) is 7.45. The van der Waals surface area contributed by atoms with Gasteiger partial charge in [-0.2, -0.15) is 0 Å². The number of nitrogens with one attached hydrogen (secondary N) is 1. The van der Waals surface area contributed by atoms with Crippen molar-refractivity contribution in [2.45, 2.75) is 38.1 Å². The number of amides is 2.